The molecular weight excluding hydrogens is 390 g/mol. The van der Waals surface area contributed by atoms with Gasteiger partial charge in [-0.15, -0.1) is 0 Å². The number of nitrogens with zero attached hydrogens (tertiary/aromatic N) is 3. The number of hydrogen-bond acceptors (Lipinski definition) is 4. The molecule has 29 heavy (non-hydrogen) atoms. The van der Waals surface area contributed by atoms with E-state index in [2.05, 4.69) is 5.10 Å². The molecule has 0 bridgehead atoms. The van der Waals surface area contributed by atoms with Gasteiger partial charge in [-0.2, -0.15) is 5.10 Å². The predicted molar refractivity (Wildman–Crippen MR) is 112 cm³/mol. The Balaban J connectivity index is 1.67. The lowest BCUT2D eigenvalue weighted by Gasteiger charge is -2.38. The highest BCUT2D eigenvalue weighted by atomic mass is 35.5. The average molecular weight is 418 g/mol. The molecule has 0 radical (unpaired) electrons. The summed E-state index contributed by atoms with van der Waals surface area (Å²) >= 11 is 6.42. The Bertz CT molecular complexity index is 881. The summed E-state index contributed by atoms with van der Waals surface area (Å²) < 4.78 is 6.89. The van der Waals surface area contributed by atoms with Crippen molar-refractivity contribution >= 4 is 23.5 Å². The molecule has 3 rings (SSSR count). The molecule has 6 nitrogen and oxygen atoms in total. The minimum absolute atomic E-state index is 0.160. The van der Waals surface area contributed by atoms with Crippen LogP contribution < -0.4 is 0 Å². The molecule has 1 aliphatic rings. The number of amides is 1. The van der Waals surface area contributed by atoms with Gasteiger partial charge in [0.25, 0.3) is 5.91 Å². The molecule has 1 saturated heterocycles. The van der Waals surface area contributed by atoms with Crippen LogP contribution in [-0.4, -0.2) is 45.2 Å². The van der Waals surface area contributed by atoms with Gasteiger partial charge in [0, 0.05) is 12.1 Å². The van der Waals surface area contributed by atoms with Crippen molar-refractivity contribution in [3.63, 3.8) is 0 Å². The van der Waals surface area contributed by atoms with E-state index in [1.807, 2.05) is 49.9 Å². The monoisotopic (exact) mass is 417 g/mol. The smallest absolute Gasteiger partial charge is 0.343 e. The molecule has 2 aromatic rings. The molecule has 156 valence electrons. The average Bonchev–Trinajstić information content (AvgIpc) is 2.95. The van der Waals surface area contributed by atoms with Crippen molar-refractivity contribution in [3.8, 4) is 0 Å². The zero-order valence-corrected chi connectivity index (χ0v) is 18.2. The fraction of sp³-hybridized carbons (Fsp3) is 0.500. The van der Waals surface area contributed by atoms with Gasteiger partial charge in [0.05, 0.1) is 12.2 Å². The van der Waals surface area contributed by atoms with E-state index in [-0.39, 0.29) is 35.3 Å². The van der Waals surface area contributed by atoms with Crippen molar-refractivity contribution < 1.29 is 14.3 Å². The second-order valence-electron chi connectivity index (χ2n) is 7.90. The number of carbonyl (C=O) groups excluding carboxylic acids is 2. The summed E-state index contributed by atoms with van der Waals surface area (Å²) in [5, 5.41) is 4.60. The predicted octanol–water partition coefficient (Wildman–Crippen LogP) is 4.15. The molecule has 1 aromatic carbocycles. The summed E-state index contributed by atoms with van der Waals surface area (Å²) in [5.41, 5.74) is 2.90. The standard InChI is InChI=1S/C22H28ClN3O3/c1-14-8-10-18(11-9-14)12-25-21(23)20(17(4)24-25)22(28)29-13-19(27)26-15(2)6-5-7-16(26)3/h8-11,15-16H,5-7,12-13H2,1-4H3. The normalized spacial score (nSPS) is 19.3. The first kappa shape index (κ1) is 21.4. The highest BCUT2D eigenvalue weighted by molar-refractivity contribution is 6.32. The van der Waals surface area contributed by atoms with E-state index >= 15 is 0 Å². The topological polar surface area (TPSA) is 64.4 Å². The van der Waals surface area contributed by atoms with Crippen molar-refractivity contribution in [1.29, 1.82) is 0 Å². The van der Waals surface area contributed by atoms with E-state index in [1.165, 1.54) is 5.56 Å². The van der Waals surface area contributed by atoms with Gasteiger partial charge in [-0.25, -0.2) is 9.48 Å². The molecule has 0 N–H and O–H groups in total. The van der Waals surface area contributed by atoms with Crippen LogP contribution in [0.3, 0.4) is 0 Å². The first-order valence-corrected chi connectivity index (χ1v) is 10.4. The van der Waals surface area contributed by atoms with Gasteiger partial charge in [0.1, 0.15) is 10.7 Å². The third kappa shape index (κ3) is 4.81. The first-order valence-electron chi connectivity index (χ1n) is 10.0. The molecule has 1 aliphatic heterocycles. The summed E-state index contributed by atoms with van der Waals surface area (Å²) in [6.45, 7) is 7.97. The van der Waals surface area contributed by atoms with Crippen molar-refractivity contribution in [1.82, 2.24) is 14.7 Å². The summed E-state index contributed by atoms with van der Waals surface area (Å²) in [7, 11) is 0. The third-order valence-electron chi connectivity index (χ3n) is 5.53. The van der Waals surface area contributed by atoms with Crippen LogP contribution in [0.4, 0.5) is 0 Å². The Hall–Kier alpha value is -2.34. The van der Waals surface area contributed by atoms with Gasteiger partial charge in [-0.05, 0) is 52.5 Å². The first-order chi connectivity index (χ1) is 13.8. The molecule has 0 spiro atoms. The van der Waals surface area contributed by atoms with Gasteiger partial charge in [0.15, 0.2) is 6.61 Å². The molecule has 2 heterocycles. The Labute approximate surface area is 176 Å². The number of benzene rings is 1. The highest BCUT2D eigenvalue weighted by Gasteiger charge is 2.30. The van der Waals surface area contributed by atoms with Gasteiger partial charge in [0.2, 0.25) is 0 Å². The summed E-state index contributed by atoms with van der Waals surface area (Å²) in [4.78, 5) is 27.0. The van der Waals surface area contributed by atoms with E-state index in [0.717, 1.165) is 24.8 Å². The van der Waals surface area contributed by atoms with Crippen molar-refractivity contribution in [3.05, 3.63) is 51.8 Å². The van der Waals surface area contributed by atoms with Crippen LogP contribution in [-0.2, 0) is 16.1 Å². The number of hydrogen-bond donors (Lipinski definition) is 0. The number of ether oxygens (including phenoxy) is 1. The van der Waals surface area contributed by atoms with Crippen molar-refractivity contribution in [2.75, 3.05) is 6.61 Å². The van der Waals surface area contributed by atoms with E-state index in [1.54, 1.807) is 11.6 Å². The van der Waals surface area contributed by atoms with E-state index in [9.17, 15) is 9.59 Å². The van der Waals surface area contributed by atoms with Gasteiger partial charge in [-0.1, -0.05) is 41.4 Å². The number of piperidine rings is 1. The number of esters is 1. The van der Waals surface area contributed by atoms with Crippen LogP contribution in [0.2, 0.25) is 5.15 Å². The number of carbonyl (C=O) groups is 2. The molecule has 1 aromatic heterocycles. The molecule has 2 atom stereocenters. The molecule has 0 saturated carbocycles. The number of halogens is 1. The Kier molecular flexibility index (Phi) is 6.63. The van der Waals surface area contributed by atoms with Crippen LogP contribution in [0.25, 0.3) is 0 Å². The maximum Gasteiger partial charge on any atom is 0.343 e. The lowest BCUT2D eigenvalue weighted by atomic mass is 9.97. The van der Waals surface area contributed by atoms with Gasteiger partial charge < -0.3 is 9.64 Å². The SMILES string of the molecule is Cc1ccc(Cn2nc(C)c(C(=O)OCC(=O)N3C(C)CCCC3C)c2Cl)cc1. The maximum atomic E-state index is 12.6. The lowest BCUT2D eigenvalue weighted by molar-refractivity contribution is -0.140. The van der Waals surface area contributed by atoms with Crippen molar-refractivity contribution in [2.45, 2.75) is 65.6 Å². The largest absolute Gasteiger partial charge is 0.452 e. The van der Waals surface area contributed by atoms with E-state index < -0.39 is 5.97 Å². The van der Waals surface area contributed by atoms with E-state index in [4.69, 9.17) is 16.3 Å². The number of rotatable bonds is 5. The van der Waals surface area contributed by atoms with Crippen LogP contribution in [0.15, 0.2) is 24.3 Å². The van der Waals surface area contributed by atoms with Crippen LogP contribution in [0, 0.1) is 13.8 Å². The molecule has 1 amide bonds. The maximum absolute atomic E-state index is 12.6. The minimum Gasteiger partial charge on any atom is -0.452 e. The molecule has 1 fully saturated rings. The Morgan fingerprint density at radius 3 is 2.38 bits per heavy atom. The van der Waals surface area contributed by atoms with Gasteiger partial charge >= 0.3 is 5.97 Å². The van der Waals surface area contributed by atoms with E-state index in [0.29, 0.717) is 12.2 Å². The van der Waals surface area contributed by atoms with Crippen LogP contribution >= 0.6 is 11.6 Å². The summed E-state index contributed by atoms with van der Waals surface area (Å²) in [5.74, 6) is -0.785. The second-order valence-corrected chi connectivity index (χ2v) is 8.26. The van der Waals surface area contributed by atoms with Crippen molar-refractivity contribution in [2.24, 2.45) is 0 Å². The minimum atomic E-state index is -0.617. The van der Waals surface area contributed by atoms with Crippen LogP contribution in [0.5, 0.6) is 0 Å². The van der Waals surface area contributed by atoms with Gasteiger partial charge in [-0.3, -0.25) is 4.79 Å². The lowest BCUT2D eigenvalue weighted by Crippen LogP contribution is -2.49. The molecule has 7 heteroatoms. The summed E-state index contributed by atoms with van der Waals surface area (Å²) in [6, 6.07) is 8.35. The number of aromatic nitrogens is 2. The fourth-order valence-electron chi connectivity index (χ4n) is 3.94. The zero-order chi connectivity index (χ0) is 21.1. The summed E-state index contributed by atoms with van der Waals surface area (Å²) in [6.07, 6.45) is 3.06. The Morgan fingerprint density at radius 2 is 1.76 bits per heavy atom. The zero-order valence-electron chi connectivity index (χ0n) is 17.4. The fourth-order valence-corrected chi connectivity index (χ4v) is 4.25. The quantitative estimate of drug-likeness (QED) is 0.685. The molecular formula is C22H28ClN3O3. The number of likely N-dealkylation sites (tertiary alicyclic amines) is 1. The van der Waals surface area contributed by atoms with Crippen LogP contribution in [0.1, 0.15) is 60.3 Å². The third-order valence-corrected chi connectivity index (χ3v) is 5.91. The number of aryl methyl sites for hydroxylation is 2. The molecule has 0 aliphatic carbocycles. The second kappa shape index (κ2) is 8.99. The Morgan fingerprint density at radius 1 is 1.14 bits per heavy atom. The highest BCUT2D eigenvalue weighted by Crippen LogP contribution is 2.24. The molecule has 2 unspecified atom stereocenters.